The Kier molecular flexibility index (Phi) is 5.25. The van der Waals surface area contributed by atoms with Gasteiger partial charge in [-0.05, 0) is 18.8 Å². The van der Waals surface area contributed by atoms with E-state index in [0.717, 1.165) is 12.8 Å². The van der Waals surface area contributed by atoms with Crippen molar-refractivity contribution in [3.05, 3.63) is 0 Å². The van der Waals surface area contributed by atoms with Crippen LogP contribution in [-0.4, -0.2) is 24.0 Å². The Morgan fingerprint density at radius 1 is 1.24 bits per heavy atom. The molecule has 0 bridgehead atoms. The number of aliphatic imine (C=N–C) groups is 1. The monoisotopic (exact) mass is 240 g/mol. The van der Waals surface area contributed by atoms with Crippen molar-refractivity contribution in [3.8, 4) is 0 Å². The van der Waals surface area contributed by atoms with Crippen LogP contribution in [-0.2, 0) is 4.79 Å². The van der Waals surface area contributed by atoms with Crippen molar-refractivity contribution < 1.29 is 4.79 Å². The molecule has 1 fully saturated rings. The SMILES string of the molecule is CC(C)C(NC(N)=NC1CCCCC1)C(N)=O. The fourth-order valence-electron chi connectivity index (χ4n) is 2.17. The van der Waals surface area contributed by atoms with Crippen LogP contribution in [0.25, 0.3) is 0 Å². The van der Waals surface area contributed by atoms with Gasteiger partial charge in [-0.25, -0.2) is 0 Å². The van der Waals surface area contributed by atoms with Gasteiger partial charge in [0.1, 0.15) is 6.04 Å². The average Bonchev–Trinajstić information content (AvgIpc) is 2.26. The number of primary amides is 1. The first-order valence-electron chi connectivity index (χ1n) is 6.40. The average molecular weight is 240 g/mol. The molecule has 0 radical (unpaired) electrons. The van der Waals surface area contributed by atoms with Gasteiger partial charge in [0.2, 0.25) is 5.91 Å². The molecule has 0 saturated heterocycles. The molecule has 5 nitrogen and oxygen atoms in total. The molecular formula is C12H24N4O. The zero-order valence-electron chi connectivity index (χ0n) is 10.8. The summed E-state index contributed by atoms with van der Waals surface area (Å²) >= 11 is 0. The van der Waals surface area contributed by atoms with Crippen molar-refractivity contribution in [1.29, 1.82) is 0 Å². The van der Waals surface area contributed by atoms with E-state index < -0.39 is 6.04 Å². The molecule has 17 heavy (non-hydrogen) atoms. The fourth-order valence-corrected chi connectivity index (χ4v) is 2.17. The second-order valence-corrected chi connectivity index (χ2v) is 5.07. The Balaban J connectivity index is 2.53. The lowest BCUT2D eigenvalue weighted by Crippen LogP contribution is -2.50. The van der Waals surface area contributed by atoms with Crippen LogP contribution in [0.1, 0.15) is 46.0 Å². The maximum atomic E-state index is 11.2. The summed E-state index contributed by atoms with van der Waals surface area (Å²) < 4.78 is 0. The van der Waals surface area contributed by atoms with Gasteiger partial charge >= 0.3 is 0 Å². The first-order chi connectivity index (χ1) is 8.00. The molecule has 0 aromatic carbocycles. The van der Waals surface area contributed by atoms with Crippen LogP contribution in [0.5, 0.6) is 0 Å². The molecule has 98 valence electrons. The molecule has 0 heterocycles. The Hall–Kier alpha value is -1.26. The predicted molar refractivity (Wildman–Crippen MR) is 69.5 cm³/mol. The summed E-state index contributed by atoms with van der Waals surface area (Å²) in [5.41, 5.74) is 11.1. The highest BCUT2D eigenvalue weighted by Crippen LogP contribution is 2.19. The smallest absolute Gasteiger partial charge is 0.240 e. The summed E-state index contributed by atoms with van der Waals surface area (Å²) in [7, 11) is 0. The first-order valence-corrected chi connectivity index (χ1v) is 6.40. The number of nitrogens with two attached hydrogens (primary N) is 2. The van der Waals surface area contributed by atoms with E-state index in [4.69, 9.17) is 11.5 Å². The van der Waals surface area contributed by atoms with Gasteiger partial charge in [-0.15, -0.1) is 0 Å². The molecule has 1 rings (SSSR count). The Morgan fingerprint density at radius 2 is 1.82 bits per heavy atom. The zero-order valence-corrected chi connectivity index (χ0v) is 10.8. The second-order valence-electron chi connectivity index (χ2n) is 5.07. The van der Waals surface area contributed by atoms with Crippen LogP contribution >= 0.6 is 0 Å². The van der Waals surface area contributed by atoms with E-state index in [2.05, 4.69) is 10.3 Å². The van der Waals surface area contributed by atoms with E-state index in [1.165, 1.54) is 19.3 Å². The lowest BCUT2D eigenvalue weighted by molar-refractivity contribution is -0.120. The van der Waals surface area contributed by atoms with E-state index in [1.54, 1.807) is 0 Å². The molecule has 0 aliphatic heterocycles. The number of carbonyl (C=O) groups excluding carboxylic acids is 1. The van der Waals surface area contributed by atoms with Gasteiger partial charge in [0.25, 0.3) is 0 Å². The lowest BCUT2D eigenvalue weighted by atomic mass is 9.96. The summed E-state index contributed by atoms with van der Waals surface area (Å²) in [6.07, 6.45) is 5.89. The highest BCUT2D eigenvalue weighted by Gasteiger charge is 2.20. The highest BCUT2D eigenvalue weighted by atomic mass is 16.1. The molecule has 1 aliphatic carbocycles. The number of hydrogen-bond acceptors (Lipinski definition) is 2. The van der Waals surface area contributed by atoms with Gasteiger partial charge < -0.3 is 16.8 Å². The molecule has 1 unspecified atom stereocenters. The third kappa shape index (κ3) is 4.63. The van der Waals surface area contributed by atoms with Crippen molar-refractivity contribution >= 4 is 11.9 Å². The molecule has 0 aromatic heterocycles. The summed E-state index contributed by atoms with van der Waals surface area (Å²) in [5, 5.41) is 2.92. The van der Waals surface area contributed by atoms with E-state index in [9.17, 15) is 4.79 Å². The van der Waals surface area contributed by atoms with Crippen LogP contribution in [0.2, 0.25) is 0 Å². The lowest BCUT2D eigenvalue weighted by Gasteiger charge is -2.22. The maximum Gasteiger partial charge on any atom is 0.240 e. The summed E-state index contributed by atoms with van der Waals surface area (Å²) in [4.78, 5) is 15.6. The minimum Gasteiger partial charge on any atom is -0.370 e. The predicted octanol–water partition coefficient (Wildman–Crippen LogP) is 0.733. The summed E-state index contributed by atoms with van der Waals surface area (Å²) in [5.74, 6) is 0.0591. The Morgan fingerprint density at radius 3 is 2.29 bits per heavy atom. The highest BCUT2D eigenvalue weighted by molar-refractivity contribution is 5.87. The molecule has 5 heteroatoms. The first kappa shape index (κ1) is 13.8. The molecular weight excluding hydrogens is 216 g/mol. The maximum absolute atomic E-state index is 11.2. The molecule has 5 N–H and O–H groups in total. The van der Waals surface area contributed by atoms with Gasteiger partial charge in [-0.2, -0.15) is 0 Å². The van der Waals surface area contributed by atoms with Gasteiger partial charge in [0, 0.05) is 0 Å². The number of carbonyl (C=O) groups is 1. The van der Waals surface area contributed by atoms with Crippen molar-refractivity contribution in [2.45, 2.75) is 58.0 Å². The topological polar surface area (TPSA) is 93.5 Å². The third-order valence-corrected chi connectivity index (χ3v) is 3.17. The number of guanidine groups is 1. The second kappa shape index (κ2) is 6.47. The minimum absolute atomic E-state index is 0.104. The van der Waals surface area contributed by atoms with Crippen LogP contribution in [0.4, 0.5) is 0 Å². The van der Waals surface area contributed by atoms with Gasteiger partial charge in [0.05, 0.1) is 6.04 Å². The number of nitrogens with zero attached hydrogens (tertiary/aromatic N) is 1. The standard InChI is InChI=1S/C12H24N4O/c1-8(2)10(11(13)17)16-12(14)15-9-6-4-3-5-7-9/h8-10H,3-7H2,1-2H3,(H2,13,17)(H3,14,15,16). The van der Waals surface area contributed by atoms with Crippen LogP contribution < -0.4 is 16.8 Å². The van der Waals surface area contributed by atoms with E-state index in [0.29, 0.717) is 12.0 Å². The van der Waals surface area contributed by atoms with E-state index in [1.807, 2.05) is 13.8 Å². The minimum atomic E-state index is -0.442. The number of hydrogen-bond donors (Lipinski definition) is 3. The fraction of sp³-hybridized carbons (Fsp3) is 0.833. The molecule has 1 aliphatic rings. The van der Waals surface area contributed by atoms with E-state index >= 15 is 0 Å². The zero-order chi connectivity index (χ0) is 12.8. The van der Waals surface area contributed by atoms with Gasteiger partial charge in [-0.3, -0.25) is 9.79 Å². The number of amides is 1. The van der Waals surface area contributed by atoms with Crippen molar-refractivity contribution in [1.82, 2.24) is 5.32 Å². The number of rotatable bonds is 4. The van der Waals surface area contributed by atoms with Crippen LogP contribution in [0.3, 0.4) is 0 Å². The molecule has 1 atom stereocenters. The summed E-state index contributed by atoms with van der Waals surface area (Å²) in [6.45, 7) is 3.85. The van der Waals surface area contributed by atoms with Gasteiger partial charge in [-0.1, -0.05) is 33.1 Å². The number of nitrogens with one attached hydrogen (secondary N) is 1. The molecule has 0 spiro atoms. The Bertz CT molecular complexity index is 282. The van der Waals surface area contributed by atoms with Gasteiger partial charge in [0.15, 0.2) is 5.96 Å². The normalized spacial score (nSPS) is 20.3. The largest absolute Gasteiger partial charge is 0.370 e. The Labute approximate surface area is 103 Å². The van der Waals surface area contributed by atoms with Crippen LogP contribution in [0.15, 0.2) is 4.99 Å². The van der Waals surface area contributed by atoms with Crippen molar-refractivity contribution in [3.63, 3.8) is 0 Å². The molecule has 1 amide bonds. The van der Waals surface area contributed by atoms with Crippen LogP contribution in [0, 0.1) is 5.92 Å². The third-order valence-electron chi connectivity index (χ3n) is 3.17. The molecule has 0 aromatic rings. The summed E-state index contributed by atoms with van der Waals surface area (Å²) in [6, 6.07) is -0.140. The van der Waals surface area contributed by atoms with Crippen molar-refractivity contribution in [2.24, 2.45) is 22.4 Å². The van der Waals surface area contributed by atoms with Crippen molar-refractivity contribution in [2.75, 3.05) is 0 Å². The van der Waals surface area contributed by atoms with E-state index in [-0.39, 0.29) is 11.8 Å². The quantitative estimate of drug-likeness (QED) is 0.499. The molecule has 1 saturated carbocycles.